The molecule has 10 heterocycles. The van der Waals surface area contributed by atoms with E-state index < -0.39 is 22.6 Å². The molecule has 3 N–H and O–H groups in total. The molecule has 0 aromatic carbocycles. The van der Waals surface area contributed by atoms with Gasteiger partial charge in [-0.3, -0.25) is 9.59 Å². The number of aromatic nitrogens is 4. The minimum Gasteiger partial charge on any atom is -0.494 e. The number of fused-ring (bicyclic) bond motifs is 2. The summed E-state index contributed by atoms with van der Waals surface area (Å²) in [5, 5.41) is 23.8. The number of rotatable bonds is 9. The van der Waals surface area contributed by atoms with Gasteiger partial charge in [0.15, 0.2) is 17.4 Å². The van der Waals surface area contributed by atoms with Crippen molar-refractivity contribution in [3.8, 4) is 54.3 Å². The van der Waals surface area contributed by atoms with Crippen molar-refractivity contribution in [2.75, 3.05) is 0 Å². The lowest BCUT2D eigenvalue weighted by Crippen LogP contribution is -2.39. The molecule has 2 amide bonds. The highest BCUT2D eigenvalue weighted by Gasteiger charge is 2.44. The average Bonchev–Trinajstić information content (AvgIpc) is 4.08. The molecule has 8 aromatic rings. The molecule has 0 bridgehead atoms. The zero-order valence-corrected chi connectivity index (χ0v) is 40.9. The number of H-pyrrole nitrogens is 1. The van der Waals surface area contributed by atoms with E-state index in [1.165, 1.54) is 27.6 Å². The number of aliphatic imine (C=N–C) groups is 2. The van der Waals surface area contributed by atoms with Crippen LogP contribution < -0.4 is 0 Å². The highest BCUT2D eigenvalue weighted by molar-refractivity contribution is 7.23. The van der Waals surface area contributed by atoms with E-state index >= 15 is 0 Å². The second-order valence-electron chi connectivity index (χ2n) is 19.6. The normalized spacial score (nSPS) is 14.4. The van der Waals surface area contributed by atoms with Crippen molar-refractivity contribution in [3.05, 3.63) is 114 Å². The highest BCUT2D eigenvalue weighted by atomic mass is 32.1. The Balaban J connectivity index is 0.898. The lowest BCUT2D eigenvalue weighted by atomic mass is 9.66. The molecule has 0 atom stereocenters. The predicted molar refractivity (Wildman–Crippen MR) is 259 cm³/mol. The fraction of sp³-hybridized carbons (Fsp3) is 0.306. The first-order chi connectivity index (χ1) is 30.5. The van der Waals surface area contributed by atoms with E-state index in [-0.39, 0.29) is 39.4 Å². The van der Waals surface area contributed by atoms with Gasteiger partial charge in [0, 0.05) is 55.2 Å². The lowest BCUT2D eigenvalue weighted by molar-refractivity contribution is 0.0998. The van der Waals surface area contributed by atoms with Crippen LogP contribution in [0.15, 0.2) is 79.7 Å². The van der Waals surface area contributed by atoms with Gasteiger partial charge in [-0.1, -0.05) is 69.2 Å². The van der Waals surface area contributed by atoms with Crippen LogP contribution in [0.1, 0.15) is 132 Å². The minimum absolute atomic E-state index is 0.0315. The van der Waals surface area contributed by atoms with Crippen molar-refractivity contribution in [1.82, 2.24) is 19.5 Å². The monoisotopic (exact) mass is 942 g/mol. The van der Waals surface area contributed by atoms with Gasteiger partial charge in [-0.05, 0) is 53.9 Å². The number of aromatic amines is 1. The number of carbonyl (C=O) groups excluding carboxylic acids is 2. The molecule has 65 heavy (non-hydrogen) atoms. The molecule has 8 aromatic heterocycles. The molecule has 0 unspecified atom stereocenters. The van der Waals surface area contributed by atoms with Crippen LogP contribution in [-0.2, 0) is 28.7 Å². The first kappa shape index (κ1) is 43.0. The lowest BCUT2D eigenvalue weighted by Gasteiger charge is -2.40. The van der Waals surface area contributed by atoms with Gasteiger partial charge in [-0.25, -0.2) is 20.0 Å². The van der Waals surface area contributed by atoms with E-state index in [0.29, 0.717) is 55.5 Å². The van der Waals surface area contributed by atoms with E-state index in [1.807, 2.05) is 51.4 Å². The second-order valence-corrected chi connectivity index (χ2v) is 23.8. The van der Waals surface area contributed by atoms with Crippen LogP contribution in [0.25, 0.3) is 42.5 Å². The zero-order chi connectivity index (χ0) is 46.3. The summed E-state index contributed by atoms with van der Waals surface area (Å²) >= 11 is 6.28. The number of carbonyl (C=O) groups is 2. The van der Waals surface area contributed by atoms with Crippen LogP contribution in [0.3, 0.4) is 0 Å². The van der Waals surface area contributed by atoms with Gasteiger partial charge >= 0.3 is 0 Å². The summed E-state index contributed by atoms with van der Waals surface area (Å²) in [5.74, 6) is 0.974. The molecule has 0 saturated heterocycles. The molecule has 332 valence electrons. The molecule has 0 saturated carbocycles. The summed E-state index contributed by atoms with van der Waals surface area (Å²) in [6, 6.07) is 15.6. The van der Waals surface area contributed by atoms with Crippen molar-refractivity contribution in [2.24, 2.45) is 17.0 Å². The van der Waals surface area contributed by atoms with Crippen molar-refractivity contribution in [2.45, 2.75) is 90.9 Å². The van der Waals surface area contributed by atoms with E-state index in [2.05, 4.69) is 86.6 Å². The Labute approximate surface area is 391 Å². The number of hydrogen-bond donors (Lipinski definition) is 3. The van der Waals surface area contributed by atoms with E-state index in [1.54, 1.807) is 46.4 Å². The molecule has 0 radical (unpaired) electrons. The Kier molecular flexibility index (Phi) is 9.61. The molecule has 0 aliphatic carbocycles. The number of hydrogen-bond acceptors (Lipinski definition) is 12. The molecule has 0 spiro atoms. The van der Waals surface area contributed by atoms with E-state index in [4.69, 9.17) is 13.8 Å². The number of thiophene rings is 2. The van der Waals surface area contributed by atoms with Gasteiger partial charge in [-0.2, -0.15) is 0 Å². The van der Waals surface area contributed by atoms with Gasteiger partial charge in [0.05, 0.1) is 43.4 Å². The van der Waals surface area contributed by atoms with Crippen LogP contribution >= 0.6 is 45.3 Å². The van der Waals surface area contributed by atoms with Gasteiger partial charge in [0.1, 0.15) is 33.0 Å². The van der Waals surface area contributed by atoms with Crippen LogP contribution in [-0.4, -0.2) is 53.0 Å². The maximum Gasteiger partial charge on any atom is 0.280 e. The third-order valence-corrected chi connectivity index (χ3v) is 18.2. The summed E-state index contributed by atoms with van der Waals surface area (Å²) in [6.07, 6.45) is 3.67. The third kappa shape index (κ3) is 6.70. The van der Waals surface area contributed by atoms with Gasteiger partial charge in [0.2, 0.25) is 5.88 Å². The van der Waals surface area contributed by atoms with Gasteiger partial charge in [-0.15, -0.1) is 45.3 Å². The van der Waals surface area contributed by atoms with E-state index in [0.717, 1.165) is 30.1 Å². The summed E-state index contributed by atoms with van der Waals surface area (Å²) in [4.78, 5) is 54.6. The SMILES string of the molecule is Cn1c(O)c2c(c1-c1ncc(C(C)(C)C(C)(C)c3ccc(-c4ccc(C5=NC(=O)c6c(-c7ccc(C(C)(C)C)o7)[nH]c(O)c65)o4)s3)s1)C(=O)N=C2c1ncc(-c2ccc(C(C)(C)C)s2)s1. The molecule has 16 heteroatoms. The Morgan fingerprint density at radius 2 is 1.20 bits per heavy atom. The number of nitrogens with zero attached hydrogens (tertiary/aromatic N) is 5. The molecule has 2 aliphatic heterocycles. The molecule has 0 fully saturated rings. The van der Waals surface area contributed by atoms with Crippen molar-refractivity contribution < 1.29 is 28.6 Å². The standard InChI is InChI=1S/C49H46N6O6S4/c1-46(2,3)28-17-14-24(61-28)37-33-32(40(56)53-37)36(52-41(33)57)23-13-12-22(60-23)25-15-19-30(62-25)48(7,8)49(9,10)31-21-51-44(65-31)39-35-34(45(59)55(39)11)38(54-42(35)58)43-50-20-27(64-43)26-16-18-29(63-26)47(4,5)6/h12-21,53,56,59H,1-11H3. The second kappa shape index (κ2) is 14.5. The Bertz CT molecular complexity index is 3330. The zero-order valence-electron chi connectivity index (χ0n) is 37.7. The van der Waals surface area contributed by atoms with Crippen molar-refractivity contribution in [1.29, 1.82) is 0 Å². The number of furan rings is 2. The largest absolute Gasteiger partial charge is 0.494 e. The predicted octanol–water partition coefficient (Wildman–Crippen LogP) is 12.5. The van der Waals surface area contributed by atoms with E-state index in [9.17, 15) is 19.8 Å². The number of nitrogens with one attached hydrogen (secondary N) is 1. The quantitative estimate of drug-likeness (QED) is 0.128. The molecule has 10 rings (SSSR count). The topological polar surface area (TPSA) is 172 Å². The smallest absolute Gasteiger partial charge is 0.280 e. The van der Waals surface area contributed by atoms with Crippen molar-refractivity contribution in [3.63, 3.8) is 0 Å². The number of amides is 2. The maximum atomic E-state index is 13.7. The van der Waals surface area contributed by atoms with Gasteiger partial charge in [0.25, 0.3) is 11.8 Å². The highest BCUT2D eigenvalue weighted by Crippen LogP contribution is 2.51. The molecule has 2 aliphatic rings. The Hall–Kier alpha value is -5.94. The third-order valence-electron chi connectivity index (χ3n) is 12.8. The number of aromatic hydroxyl groups is 2. The van der Waals surface area contributed by atoms with Crippen LogP contribution in [0, 0.1) is 0 Å². The van der Waals surface area contributed by atoms with Crippen molar-refractivity contribution >= 4 is 68.6 Å². The number of thiazole rings is 2. The first-order valence-electron chi connectivity index (χ1n) is 21.0. The molecular weight excluding hydrogens is 897 g/mol. The fourth-order valence-electron chi connectivity index (χ4n) is 8.17. The summed E-state index contributed by atoms with van der Waals surface area (Å²) in [7, 11) is 1.74. The summed E-state index contributed by atoms with van der Waals surface area (Å²) in [5.41, 5.74) is 1.66. The van der Waals surface area contributed by atoms with Gasteiger partial charge < -0.3 is 28.6 Å². The average molecular weight is 943 g/mol. The fourth-order valence-corrected chi connectivity index (χ4v) is 12.7. The Morgan fingerprint density at radius 1 is 0.569 bits per heavy atom. The Morgan fingerprint density at radius 3 is 1.91 bits per heavy atom. The minimum atomic E-state index is -0.492. The summed E-state index contributed by atoms with van der Waals surface area (Å²) < 4.78 is 14.1. The van der Waals surface area contributed by atoms with Crippen LogP contribution in [0.4, 0.5) is 0 Å². The first-order valence-corrected chi connectivity index (χ1v) is 24.3. The summed E-state index contributed by atoms with van der Waals surface area (Å²) in [6.45, 7) is 21.4. The molecular formula is C49H46N6O6S4. The molecule has 12 nitrogen and oxygen atoms in total. The van der Waals surface area contributed by atoms with Crippen LogP contribution in [0.5, 0.6) is 11.8 Å². The van der Waals surface area contributed by atoms with Crippen LogP contribution in [0.2, 0.25) is 0 Å². The maximum absolute atomic E-state index is 13.7.